The summed E-state index contributed by atoms with van der Waals surface area (Å²) in [6, 6.07) is 0. The van der Waals surface area contributed by atoms with Crippen LogP contribution in [-0.4, -0.2) is 24.2 Å². The second kappa shape index (κ2) is 19.1. The van der Waals surface area contributed by atoms with Crippen molar-refractivity contribution in [2.45, 2.75) is 78.6 Å². The molecule has 0 radical (unpaired) electrons. The smallest absolute Gasteiger partial charge is 0.384 e. The first kappa shape index (κ1) is 24.3. The van der Waals surface area contributed by atoms with Crippen LogP contribution < -0.4 is 0 Å². The number of carboxylic acid groups (broad SMARTS) is 1. The van der Waals surface area contributed by atoms with Crippen LogP contribution in [-0.2, 0) is 14.3 Å². The normalized spacial score (nSPS) is 10.0. The van der Waals surface area contributed by atoms with Gasteiger partial charge in [0.05, 0.1) is 7.11 Å². The highest BCUT2D eigenvalue weighted by Gasteiger charge is 1.96. The van der Waals surface area contributed by atoms with E-state index in [1.54, 1.807) is 0 Å². The van der Waals surface area contributed by atoms with Crippen molar-refractivity contribution in [3.05, 3.63) is 0 Å². The molecule has 0 aromatic heterocycles. The average molecular weight is 336 g/mol. The lowest BCUT2D eigenvalue weighted by Crippen LogP contribution is -1.94. The van der Waals surface area contributed by atoms with Crippen LogP contribution in [0.15, 0.2) is 0 Å². The molecule has 1 unspecified atom stereocenters. The zero-order chi connectivity index (χ0) is 18.6. The highest BCUT2D eigenvalue weighted by molar-refractivity contribution is 5.88. The molecule has 1 atom stereocenters. The molecule has 0 aromatic carbocycles. The fourth-order valence-corrected chi connectivity index (χ4v) is 1.78. The number of carbonyl (C=O) groups excluding carboxylic acids is 1. The number of unbranched alkanes of at least 4 members (excludes halogenated alkanes) is 6. The summed E-state index contributed by atoms with van der Waals surface area (Å²) in [6.07, 6.45) is 10.1. The van der Waals surface area contributed by atoms with E-state index < -0.39 is 11.9 Å². The van der Waals surface area contributed by atoms with E-state index in [0.29, 0.717) is 0 Å². The maximum absolute atomic E-state index is 10.5. The molecule has 0 aliphatic carbocycles. The highest BCUT2D eigenvalue weighted by atomic mass is 16.5. The van der Waals surface area contributed by atoms with E-state index in [9.17, 15) is 9.59 Å². The van der Waals surface area contributed by atoms with E-state index in [1.165, 1.54) is 39.2 Å². The quantitative estimate of drug-likeness (QED) is 0.308. The molecule has 0 aliphatic heterocycles. The van der Waals surface area contributed by atoms with E-state index in [1.807, 2.05) is 6.92 Å². The van der Waals surface area contributed by atoms with Gasteiger partial charge in [-0.1, -0.05) is 71.1 Å². The first-order valence-corrected chi connectivity index (χ1v) is 8.79. The van der Waals surface area contributed by atoms with Crippen molar-refractivity contribution in [1.82, 2.24) is 0 Å². The van der Waals surface area contributed by atoms with E-state index in [4.69, 9.17) is 5.11 Å². The predicted molar refractivity (Wildman–Crippen MR) is 97.3 cm³/mol. The van der Waals surface area contributed by atoms with Gasteiger partial charge in [0.25, 0.3) is 0 Å². The second-order valence-corrected chi connectivity index (χ2v) is 5.58. The van der Waals surface area contributed by atoms with Gasteiger partial charge in [-0.25, -0.2) is 9.59 Å². The molecule has 136 valence electrons. The predicted octanol–water partition coefficient (Wildman–Crippen LogP) is 4.42. The minimum atomic E-state index is -1.03. The topological polar surface area (TPSA) is 63.6 Å². The fraction of sp³-hybridized carbons (Fsp3) is 0.700. The number of ether oxygens (including phenoxy) is 1. The molecule has 0 heterocycles. The Labute approximate surface area is 147 Å². The number of carboxylic acids is 1. The third-order valence-corrected chi connectivity index (χ3v) is 3.20. The van der Waals surface area contributed by atoms with Gasteiger partial charge in [-0.3, -0.25) is 0 Å². The van der Waals surface area contributed by atoms with Crippen molar-refractivity contribution in [2.24, 2.45) is 5.92 Å². The van der Waals surface area contributed by atoms with E-state index in [2.05, 4.69) is 42.3 Å². The molecule has 0 amide bonds. The number of hydrogen-bond acceptors (Lipinski definition) is 3. The molecule has 0 bridgehead atoms. The lowest BCUT2D eigenvalue weighted by Gasteiger charge is -2.00. The Morgan fingerprint density at radius 3 is 2.17 bits per heavy atom. The van der Waals surface area contributed by atoms with Gasteiger partial charge < -0.3 is 9.84 Å². The number of hydrogen-bond donors (Lipinski definition) is 1. The summed E-state index contributed by atoms with van der Waals surface area (Å²) in [6.45, 7) is 6.28. The molecule has 0 saturated carbocycles. The van der Waals surface area contributed by atoms with Gasteiger partial charge in [-0.2, -0.15) is 0 Å². The van der Waals surface area contributed by atoms with E-state index >= 15 is 0 Å². The summed E-state index contributed by atoms with van der Waals surface area (Å²) < 4.78 is 4.37. The van der Waals surface area contributed by atoms with Gasteiger partial charge in [-0.15, -0.1) is 0 Å². The van der Waals surface area contributed by atoms with Crippen molar-refractivity contribution in [2.75, 3.05) is 7.11 Å². The third-order valence-electron chi connectivity index (χ3n) is 3.20. The molecule has 4 nitrogen and oxygen atoms in total. The molecule has 0 aromatic rings. The van der Waals surface area contributed by atoms with Crippen molar-refractivity contribution >= 4 is 11.9 Å². The minimum Gasteiger partial charge on any atom is -0.472 e. The Hall–Kier alpha value is -1.94. The monoisotopic (exact) mass is 336 g/mol. The Balaban J connectivity index is 0. The molecule has 0 rings (SSSR count). The minimum absolute atomic E-state index is 0.215. The average Bonchev–Trinajstić information content (AvgIpc) is 2.56. The Morgan fingerprint density at radius 1 is 1.00 bits per heavy atom. The van der Waals surface area contributed by atoms with Gasteiger partial charge in [0.1, 0.15) is 0 Å². The van der Waals surface area contributed by atoms with Crippen LogP contribution in [0, 0.1) is 29.6 Å². The molecule has 0 spiro atoms. The number of rotatable bonds is 8. The van der Waals surface area contributed by atoms with E-state index in [-0.39, 0.29) is 5.92 Å². The SMILES string of the molecule is CCCCCC(C)C#CC(=O)O.CCCCCCC#CC(=O)OC. The summed E-state index contributed by atoms with van der Waals surface area (Å²) in [5.74, 6) is 8.74. The van der Waals surface area contributed by atoms with Crippen LogP contribution in [0.1, 0.15) is 78.6 Å². The molecular formula is C20H32O4. The van der Waals surface area contributed by atoms with Crippen LogP contribution in [0.5, 0.6) is 0 Å². The van der Waals surface area contributed by atoms with Gasteiger partial charge in [0.2, 0.25) is 0 Å². The van der Waals surface area contributed by atoms with Crippen LogP contribution in [0.3, 0.4) is 0 Å². The first-order chi connectivity index (χ1) is 11.5. The summed E-state index contributed by atoms with van der Waals surface area (Å²) in [4.78, 5) is 20.6. The summed E-state index contributed by atoms with van der Waals surface area (Å²) in [5, 5.41) is 8.26. The molecule has 0 aliphatic rings. The lowest BCUT2D eigenvalue weighted by molar-refractivity contribution is -0.134. The molecule has 24 heavy (non-hydrogen) atoms. The van der Waals surface area contributed by atoms with Crippen molar-refractivity contribution in [3.63, 3.8) is 0 Å². The molecule has 0 saturated heterocycles. The molecular weight excluding hydrogens is 304 g/mol. The number of esters is 1. The third kappa shape index (κ3) is 22.3. The maximum atomic E-state index is 10.5. The zero-order valence-corrected chi connectivity index (χ0v) is 15.6. The first-order valence-electron chi connectivity index (χ1n) is 8.79. The molecule has 0 fully saturated rings. The van der Waals surface area contributed by atoms with Crippen molar-refractivity contribution in [1.29, 1.82) is 0 Å². The number of aliphatic carboxylic acids is 1. The zero-order valence-electron chi connectivity index (χ0n) is 15.6. The summed E-state index contributed by atoms with van der Waals surface area (Å²) >= 11 is 0. The number of methoxy groups -OCH3 is 1. The van der Waals surface area contributed by atoms with Crippen LogP contribution in [0.2, 0.25) is 0 Å². The van der Waals surface area contributed by atoms with Crippen LogP contribution in [0.25, 0.3) is 0 Å². The fourth-order valence-electron chi connectivity index (χ4n) is 1.78. The number of carbonyl (C=O) groups is 2. The van der Waals surface area contributed by atoms with Gasteiger partial charge in [-0.05, 0) is 12.8 Å². The lowest BCUT2D eigenvalue weighted by atomic mass is 10.0. The standard InChI is InChI=1S/2C10H16O2/c1-3-4-5-6-9(2)7-8-10(11)12;1-3-4-5-6-7-8-9-10(11)12-2/h9H,3-6H2,1-2H3,(H,11,12);3-7H2,1-2H3. The van der Waals surface area contributed by atoms with E-state index in [0.717, 1.165) is 25.7 Å². The van der Waals surface area contributed by atoms with Crippen molar-refractivity contribution < 1.29 is 19.4 Å². The largest absolute Gasteiger partial charge is 0.472 e. The molecule has 1 N–H and O–H groups in total. The Bertz CT molecular complexity index is 446. The summed E-state index contributed by atoms with van der Waals surface area (Å²) in [5.41, 5.74) is 0. The maximum Gasteiger partial charge on any atom is 0.384 e. The van der Waals surface area contributed by atoms with Crippen molar-refractivity contribution in [3.8, 4) is 23.7 Å². The Morgan fingerprint density at radius 2 is 1.62 bits per heavy atom. The van der Waals surface area contributed by atoms with Gasteiger partial charge >= 0.3 is 11.9 Å². The Kier molecular flexibility index (Phi) is 19.4. The van der Waals surface area contributed by atoms with Crippen LogP contribution in [0.4, 0.5) is 0 Å². The van der Waals surface area contributed by atoms with Gasteiger partial charge in [0, 0.05) is 24.2 Å². The second-order valence-electron chi connectivity index (χ2n) is 5.58. The summed E-state index contributed by atoms with van der Waals surface area (Å²) in [7, 11) is 1.34. The van der Waals surface area contributed by atoms with Crippen LogP contribution >= 0.6 is 0 Å². The highest BCUT2D eigenvalue weighted by Crippen LogP contribution is 2.07. The van der Waals surface area contributed by atoms with Gasteiger partial charge in [0.15, 0.2) is 0 Å². The molecule has 4 heteroatoms.